The third kappa shape index (κ3) is 1.65. The van der Waals surface area contributed by atoms with Gasteiger partial charge in [0.2, 0.25) is 0 Å². The molecule has 1 aromatic rings. The molecule has 1 unspecified atom stereocenters. The molecule has 1 atom stereocenters. The Morgan fingerprint density at radius 1 is 1.33 bits per heavy atom. The summed E-state index contributed by atoms with van der Waals surface area (Å²) in [6, 6.07) is 6.85. The molecule has 0 saturated carbocycles. The lowest BCUT2D eigenvalue weighted by Gasteiger charge is -2.24. The van der Waals surface area contributed by atoms with E-state index in [1.807, 2.05) is 11.9 Å². The number of esters is 1. The summed E-state index contributed by atoms with van der Waals surface area (Å²) in [5, 5.41) is 9.30. The van der Waals surface area contributed by atoms with Gasteiger partial charge >= 0.3 is 5.97 Å². The molecule has 2 aliphatic rings. The second-order valence-electron chi connectivity index (χ2n) is 4.78. The molecular formula is C14H15NO3. The van der Waals surface area contributed by atoms with Crippen molar-refractivity contribution in [2.45, 2.75) is 18.9 Å². The summed E-state index contributed by atoms with van der Waals surface area (Å²) in [4.78, 5) is 13.9. The fraction of sp³-hybridized carbons (Fsp3) is 0.357. The summed E-state index contributed by atoms with van der Waals surface area (Å²) in [6.07, 6.45) is 1.66. The first-order valence-electron chi connectivity index (χ1n) is 6.11. The summed E-state index contributed by atoms with van der Waals surface area (Å²) in [5.41, 5.74) is 2.71. The Labute approximate surface area is 105 Å². The smallest absolute Gasteiger partial charge is 0.355 e. The Balaban J connectivity index is 2.00. The van der Waals surface area contributed by atoms with Crippen molar-refractivity contribution in [1.29, 1.82) is 0 Å². The first-order valence-corrected chi connectivity index (χ1v) is 6.11. The molecule has 3 rings (SSSR count). The molecule has 18 heavy (non-hydrogen) atoms. The lowest BCUT2D eigenvalue weighted by molar-refractivity contribution is -0.141. The van der Waals surface area contributed by atoms with Crippen molar-refractivity contribution in [3.05, 3.63) is 41.1 Å². The minimum absolute atomic E-state index is 0.220. The van der Waals surface area contributed by atoms with E-state index in [-0.39, 0.29) is 17.8 Å². The highest BCUT2D eigenvalue weighted by Gasteiger charge is 2.38. The average molecular weight is 245 g/mol. The van der Waals surface area contributed by atoms with Crippen LogP contribution in [0.15, 0.2) is 35.5 Å². The normalized spacial score (nSPS) is 23.1. The Hall–Kier alpha value is -1.97. The van der Waals surface area contributed by atoms with Crippen LogP contribution in [0.4, 0.5) is 0 Å². The number of aromatic hydroxyl groups is 1. The quantitative estimate of drug-likeness (QED) is 0.768. The largest absolute Gasteiger partial charge is 0.508 e. The molecule has 4 nitrogen and oxygen atoms in total. The van der Waals surface area contributed by atoms with Crippen molar-refractivity contribution >= 4 is 5.97 Å². The van der Waals surface area contributed by atoms with Gasteiger partial charge in [0.1, 0.15) is 11.4 Å². The third-order valence-corrected chi connectivity index (χ3v) is 3.56. The molecule has 0 saturated heterocycles. The van der Waals surface area contributed by atoms with Crippen LogP contribution >= 0.6 is 0 Å². The zero-order valence-corrected chi connectivity index (χ0v) is 10.2. The number of hydrogen-bond acceptors (Lipinski definition) is 4. The van der Waals surface area contributed by atoms with E-state index in [0.29, 0.717) is 0 Å². The van der Waals surface area contributed by atoms with Gasteiger partial charge in [-0.1, -0.05) is 12.1 Å². The molecule has 0 fully saturated rings. The number of likely N-dealkylation sites (N-methyl/N-ethyl adjacent to an activating group) is 1. The molecule has 0 bridgehead atoms. The van der Waals surface area contributed by atoms with Gasteiger partial charge in [-0.15, -0.1) is 0 Å². The van der Waals surface area contributed by atoms with Gasteiger partial charge in [-0.05, 0) is 30.5 Å². The molecule has 4 heteroatoms. The Kier molecular flexibility index (Phi) is 2.51. The zero-order chi connectivity index (χ0) is 12.7. The van der Waals surface area contributed by atoms with Crippen molar-refractivity contribution in [3.8, 4) is 5.75 Å². The number of hydrogen-bond donors (Lipinski definition) is 1. The molecule has 0 aliphatic carbocycles. The predicted octanol–water partition coefficient (Wildman–Crippen LogP) is 1.97. The fourth-order valence-corrected chi connectivity index (χ4v) is 2.68. The number of phenols is 1. The number of nitrogens with zero attached hydrogens (tertiary/aromatic N) is 1. The van der Waals surface area contributed by atoms with Crippen LogP contribution in [0.25, 0.3) is 0 Å². The second-order valence-corrected chi connectivity index (χ2v) is 4.78. The monoisotopic (exact) mass is 245 g/mol. The van der Waals surface area contributed by atoms with Gasteiger partial charge in [0.05, 0.1) is 0 Å². The van der Waals surface area contributed by atoms with Gasteiger partial charge in [-0.25, -0.2) is 4.79 Å². The predicted molar refractivity (Wildman–Crippen MR) is 65.8 cm³/mol. The van der Waals surface area contributed by atoms with Crippen molar-refractivity contribution < 1.29 is 14.6 Å². The van der Waals surface area contributed by atoms with Crippen molar-refractivity contribution in [3.63, 3.8) is 0 Å². The van der Waals surface area contributed by atoms with E-state index in [2.05, 4.69) is 0 Å². The zero-order valence-electron chi connectivity index (χ0n) is 10.2. The van der Waals surface area contributed by atoms with E-state index in [9.17, 15) is 9.90 Å². The highest BCUT2D eigenvalue weighted by Crippen LogP contribution is 2.41. The van der Waals surface area contributed by atoms with Crippen molar-refractivity contribution in [1.82, 2.24) is 4.90 Å². The average Bonchev–Trinajstić information content (AvgIpc) is 2.69. The Bertz CT molecular complexity index is 518. The molecule has 2 aliphatic heterocycles. The number of rotatable bonds is 1. The second kappa shape index (κ2) is 4.05. The van der Waals surface area contributed by atoms with Crippen LogP contribution in [0.2, 0.25) is 0 Å². The molecule has 1 aromatic carbocycles. The number of phenolic OH excluding ortho intramolecular Hbond substituents is 1. The SMILES string of the molecule is CN1CCCC2=C1C(=O)OC2c1ccc(O)cc1. The maximum absolute atomic E-state index is 11.9. The van der Waals surface area contributed by atoms with Crippen LogP contribution in [0.5, 0.6) is 5.75 Å². The number of ether oxygens (including phenoxy) is 1. The highest BCUT2D eigenvalue weighted by molar-refractivity contribution is 5.92. The third-order valence-electron chi connectivity index (χ3n) is 3.56. The van der Waals surface area contributed by atoms with Crippen molar-refractivity contribution in [2.75, 3.05) is 13.6 Å². The van der Waals surface area contributed by atoms with Crippen molar-refractivity contribution in [2.24, 2.45) is 0 Å². The van der Waals surface area contributed by atoms with E-state index in [0.717, 1.165) is 36.2 Å². The molecule has 1 N–H and O–H groups in total. The maximum atomic E-state index is 11.9. The van der Waals surface area contributed by atoms with Gasteiger partial charge < -0.3 is 14.7 Å². The van der Waals surface area contributed by atoms with Crippen LogP contribution < -0.4 is 0 Å². The Morgan fingerprint density at radius 3 is 2.78 bits per heavy atom. The van der Waals surface area contributed by atoms with E-state index >= 15 is 0 Å². The van der Waals surface area contributed by atoms with Gasteiger partial charge in [-0.2, -0.15) is 0 Å². The lowest BCUT2D eigenvalue weighted by atomic mass is 9.95. The van der Waals surface area contributed by atoms with Crippen LogP contribution in [0.3, 0.4) is 0 Å². The first kappa shape index (κ1) is 11.1. The number of carbonyl (C=O) groups is 1. The number of cyclic esters (lactones) is 1. The van der Waals surface area contributed by atoms with Crippen LogP contribution in [0.1, 0.15) is 24.5 Å². The summed E-state index contributed by atoms with van der Waals surface area (Å²) in [5.74, 6) is -0.0108. The minimum atomic E-state index is -0.282. The van der Waals surface area contributed by atoms with Crippen LogP contribution in [-0.4, -0.2) is 29.6 Å². The van der Waals surface area contributed by atoms with E-state index in [1.165, 1.54) is 0 Å². The van der Waals surface area contributed by atoms with Crippen LogP contribution in [0, 0.1) is 0 Å². The van der Waals surface area contributed by atoms with E-state index < -0.39 is 0 Å². The number of benzene rings is 1. The van der Waals surface area contributed by atoms with E-state index in [1.54, 1.807) is 24.3 Å². The summed E-state index contributed by atoms with van der Waals surface area (Å²) in [7, 11) is 1.93. The van der Waals surface area contributed by atoms with Gasteiger partial charge in [0.15, 0.2) is 6.10 Å². The molecule has 0 aromatic heterocycles. The Morgan fingerprint density at radius 2 is 2.06 bits per heavy atom. The van der Waals surface area contributed by atoms with Gasteiger partial charge in [0, 0.05) is 19.2 Å². The summed E-state index contributed by atoms with van der Waals surface area (Å²) in [6.45, 7) is 0.899. The molecular weight excluding hydrogens is 230 g/mol. The van der Waals surface area contributed by atoms with E-state index in [4.69, 9.17) is 4.74 Å². The summed E-state index contributed by atoms with van der Waals surface area (Å²) >= 11 is 0. The highest BCUT2D eigenvalue weighted by atomic mass is 16.5. The molecule has 0 spiro atoms. The van der Waals surface area contributed by atoms with Gasteiger partial charge in [0.25, 0.3) is 0 Å². The lowest BCUT2D eigenvalue weighted by Crippen LogP contribution is -2.26. The standard InChI is InChI=1S/C14H15NO3/c1-15-8-2-3-11-12(15)14(17)18-13(11)9-4-6-10(16)7-5-9/h4-7,13,16H,2-3,8H2,1H3. The minimum Gasteiger partial charge on any atom is -0.508 e. The van der Waals surface area contributed by atoms with Gasteiger partial charge in [-0.3, -0.25) is 0 Å². The molecule has 0 radical (unpaired) electrons. The van der Waals surface area contributed by atoms with Crippen LogP contribution in [-0.2, 0) is 9.53 Å². The topological polar surface area (TPSA) is 49.8 Å². The molecule has 2 heterocycles. The molecule has 94 valence electrons. The fourth-order valence-electron chi connectivity index (χ4n) is 2.68. The molecule has 0 amide bonds. The summed E-state index contributed by atoms with van der Waals surface area (Å²) < 4.78 is 5.47. The first-order chi connectivity index (χ1) is 8.66. The number of carbonyl (C=O) groups excluding carboxylic acids is 1. The maximum Gasteiger partial charge on any atom is 0.355 e.